The molecule has 153 valence electrons. The van der Waals surface area contributed by atoms with Crippen LogP contribution in [0, 0.1) is 17.8 Å². The molecule has 0 amide bonds. The standard InChI is InChI=1S/3C6H12O2.Rh/c3*1-3-5(4-2)6(7)8;/h3*5H,3-4H2,1-2H3,(H,7,8);. The van der Waals surface area contributed by atoms with E-state index in [1.165, 1.54) is 0 Å². The topological polar surface area (TPSA) is 112 Å². The molecule has 0 spiro atoms. The maximum Gasteiger partial charge on any atom is 0.306 e. The quantitative estimate of drug-likeness (QED) is 0.445. The normalized spacial score (nSPS) is 9.48. The number of carboxylic acids is 3. The van der Waals surface area contributed by atoms with Crippen molar-refractivity contribution in [2.24, 2.45) is 17.8 Å². The first-order valence-electron chi connectivity index (χ1n) is 8.84. The Morgan fingerprint density at radius 3 is 0.640 bits per heavy atom. The maximum absolute atomic E-state index is 10.2. The summed E-state index contributed by atoms with van der Waals surface area (Å²) >= 11 is 0. The predicted octanol–water partition coefficient (Wildman–Crippen LogP) is 4.52. The van der Waals surface area contributed by atoms with Crippen LogP contribution in [-0.2, 0) is 33.9 Å². The molecule has 6 nitrogen and oxygen atoms in total. The zero-order valence-corrected chi connectivity index (χ0v) is 18.0. The summed E-state index contributed by atoms with van der Waals surface area (Å²) in [6, 6.07) is 0. The van der Waals surface area contributed by atoms with Gasteiger partial charge in [-0.3, -0.25) is 14.4 Å². The Hall–Kier alpha value is -0.967. The number of carbonyl (C=O) groups is 3. The molecule has 0 aromatic rings. The zero-order chi connectivity index (χ0) is 19.7. The van der Waals surface area contributed by atoms with Gasteiger partial charge < -0.3 is 15.3 Å². The molecule has 7 heteroatoms. The van der Waals surface area contributed by atoms with Gasteiger partial charge in [0.2, 0.25) is 0 Å². The molecule has 3 N–H and O–H groups in total. The van der Waals surface area contributed by atoms with Gasteiger partial charge in [0.1, 0.15) is 0 Å². The minimum Gasteiger partial charge on any atom is -0.481 e. The van der Waals surface area contributed by atoms with E-state index in [9.17, 15) is 14.4 Å². The molecule has 0 rings (SSSR count). The van der Waals surface area contributed by atoms with Crippen molar-refractivity contribution in [1.29, 1.82) is 0 Å². The third kappa shape index (κ3) is 19.2. The number of aliphatic carboxylic acids is 3. The van der Waals surface area contributed by atoms with Gasteiger partial charge in [0.25, 0.3) is 0 Å². The van der Waals surface area contributed by atoms with Crippen LogP contribution in [0.25, 0.3) is 0 Å². The van der Waals surface area contributed by atoms with Gasteiger partial charge in [-0.1, -0.05) is 41.5 Å². The van der Waals surface area contributed by atoms with E-state index in [0.717, 1.165) is 38.5 Å². The van der Waals surface area contributed by atoms with Crippen molar-refractivity contribution in [2.75, 3.05) is 0 Å². The van der Waals surface area contributed by atoms with Gasteiger partial charge in [0.15, 0.2) is 0 Å². The van der Waals surface area contributed by atoms with Crippen molar-refractivity contribution in [3.63, 3.8) is 0 Å². The van der Waals surface area contributed by atoms with Crippen LogP contribution in [0.2, 0.25) is 0 Å². The SMILES string of the molecule is CCC(CC)C(=O)O.CCC(CC)C(=O)O.CCC(CC)C(=O)O.[Rh]. The summed E-state index contributed by atoms with van der Waals surface area (Å²) in [6.07, 6.45) is 4.45. The van der Waals surface area contributed by atoms with E-state index in [1.54, 1.807) is 0 Å². The van der Waals surface area contributed by atoms with E-state index in [4.69, 9.17) is 15.3 Å². The molecule has 0 saturated carbocycles. The van der Waals surface area contributed by atoms with Gasteiger partial charge in [-0.2, -0.15) is 0 Å². The molecule has 0 saturated heterocycles. The Bertz CT molecular complexity index is 282. The summed E-state index contributed by atoms with van der Waals surface area (Å²) in [6.45, 7) is 11.3. The largest absolute Gasteiger partial charge is 0.481 e. The van der Waals surface area contributed by atoms with Gasteiger partial charge in [0.05, 0.1) is 17.8 Å². The van der Waals surface area contributed by atoms with Crippen molar-refractivity contribution in [3.8, 4) is 0 Å². The van der Waals surface area contributed by atoms with Crippen LogP contribution in [0.1, 0.15) is 80.1 Å². The van der Waals surface area contributed by atoms with E-state index >= 15 is 0 Å². The predicted molar refractivity (Wildman–Crippen MR) is 95.1 cm³/mol. The summed E-state index contributed by atoms with van der Waals surface area (Å²) in [7, 11) is 0. The molecule has 1 radical (unpaired) electrons. The smallest absolute Gasteiger partial charge is 0.306 e. The maximum atomic E-state index is 10.2. The Morgan fingerprint density at radius 2 is 0.640 bits per heavy atom. The van der Waals surface area contributed by atoms with Crippen molar-refractivity contribution < 1.29 is 49.2 Å². The van der Waals surface area contributed by atoms with Gasteiger partial charge >= 0.3 is 17.9 Å². The molecule has 0 aromatic heterocycles. The van der Waals surface area contributed by atoms with Crippen molar-refractivity contribution in [1.82, 2.24) is 0 Å². The van der Waals surface area contributed by atoms with Crippen LogP contribution in [0.4, 0.5) is 0 Å². The first kappa shape index (κ1) is 31.8. The fourth-order valence-corrected chi connectivity index (χ4v) is 1.91. The second-order valence-electron chi connectivity index (χ2n) is 5.55. The molecule has 0 aliphatic rings. The van der Waals surface area contributed by atoms with Crippen LogP contribution < -0.4 is 0 Å². The molecule has 0 aliphatic carbocycles. The fraction of sp³-hybridized carbons (Fsp3) is 0.833. The van der Waals surface area contributed by atoms with Gasteiger partial charge in [0, 0.05) is 19.5 Å². The van der Waals surface area contributed by atoms with Crippen LogP contribution >= 0.6 is 0 Å². The average molecular weight is 451 g/mol. The van der Waals surface area contributed by atoms with E-state index in [1.807, 2.05) is 41.5 Å². The summed E-state index contributed by atoms with van der Waals surface area (Å²) in [4.78, 5) is 30.5. The van der Waals surface area contributed by atoms with Crippen molar-refractivity contribution in [2.45, 2.75) is 80.1 Å². The number of hydrogen-bond donors (Lipinski definition) is 3. The molecule has 0 atom stereocenters. The summed E-state index contributed by atoms with van der Waals surface area (Å²) in [5, 5.41) is 25.1. The minimum atomic E-state index is -0.671. The zero-order valence-electron chi connectivity index (χ0n) is 16.4. The molecule has 0 aromatic carbocycles. The number of hydrogen-bond acceptors (Lipinski definition) is 3. The molecule has 0 bridgehead atoms. The fourth-order valence-electron chi connectivity index (χ4n) is 1.91. The van der Waals surface area contributed by atoms with Crippen molar-refractivity contribution in [3.05, 3.63) is 0 Å². The van der Waals surface area contributed by atoms with Gasteiger partial charge in [-0.05, 0) is 38.5 Å². The van der Waals surface area contributed by atoms with Gasteiger partial charge in [-0.25, -0.2) is 0 Å². The number of carboxylic acid groups (broad SMARTS) is 3. The summed E-state index contributed by atoms with van der Waals surface area (Å²) in [5.74, 6) is -2.40. The van der Waals surface area contributed by atoms with Crippen LogP contribution in [0.3, 0.4) is 0 Å². The first-order chi connectivity index (χ1) is 11.2. The van der Waals surface area contributed by atoms with E-state index in [2.05, 4.69) is 0 Å². The second kappa shape index (κ2) is 21.1. The summed E-state index contributed by atoms with van der Waals surface area (Å²) in [5.41, 5.74) is 0. The minimum absolute atomic E-state index is 0. The molecule has 25 heavy (non-hydrogen) atoms. The summed E-state index contributed by atoms with van der Waals surface area (Å²) < 4.78 is 0. The number of rotatable bonds is 9. The Labute approximate surface area is 165 Å². The third-order valence-corrected chi connectivity index (χ3v) is 4.00. The molecule has 0 aliphatic heterocycles. The second-order valence-corrected chi connectivity index (χ2v) is 5.55. The van der Waals surface area contributed by atoms with E-state index in [0.29, 0.717) is 0 Å². The van der Waals surface area contributed by atoms with Crippen LogP contribution in [-0.4, -0.2) is 33.2 Å². The Balaban J connectivity index is -0.000000130. The first-order valence-corrected chi connectivity index (χ1v) is 8.84. The molecular weight excluding hydrogens is 415 g/mol. The van der Waals surface area contributed by atoms with Crippen LogP contribution in [0.5, 0.6) is 0 Å². The van der Waals surface area contributed by atoms with Gasteiger partial charge in [-0.15, -0.1) is 0 Å². The third-order valence-electron chi connectivity index (χ3n) is 4.00. The molecule has 0 fully saturated rings. The molecular formula is C18H36O6Rh. The average Bonchev–Trinajstić information content (AvgIpc) is 2.51. The van der Waals surface area contributed by atoms with Crippen molar-refractivity contribution >= 4 is 17.9 Å². The monoisotopic (exact) mass is 451 g/mol. The van der Waals surface area contributed by atoms with E-state index in [-0.39, 0.29) is 37.2 Å². The Kier molecular flexibility index (Phi) is 26.8. The van der Waals surface area contributed by atoms with E-state index < -0.39 is 17.9 Å². The Morgan fingerprint density at radius 1 is 0.520 bits per heavy atom. The molecule has 0 heterocycles. The molecule has 0 unspecified atom stereocenters. The van der Waals surface area contributed by atoms with Crippen LogP contribution in [0.15, 0.2) is 0 Å².